The van der Waals surface area contributed by atoms with Crippen molar-refractivity contribution in [2.75, 3.05) is 60.0 Å². The molecule has 8 heteroatoms. The van der Waals surface area contributed by atoms with E-state index in [1.165, 1.54) is 0 Å². The number of aliphatic carboxylic acids is 1. The van der Waals surface area contributed by atoms with Crippen molar-refractivity contribution in [3.8, 4) is 0 Å². The van der Waals surface area contributed by atoms with E-state index < -0.39 is 5.97 Å². The normalized spacial score (nSPS) is 27.1. The minimum Gasteiger partial charge on any atom is -0.480 e. The summed E-state index contributed by atoms with van der Waals surface area (Å²) in [6.07, 6.45) is -0.181. The Balaban J connectivity index is 1.84. The first-order chi connectivity index (χ1) is 10.0. The Bertz CT molecular complexity index is 372. The Morgan fingerprint density at radius 2 is 1.52 bits per heavy atom. The number of carbonyl (C=O) groups excluding carboxylic acids is 1. The molecule has 0 bridgehead atoms. The zero-order valence-electron chi connectivity index (χ0n) is 12.5. The van der Waals surface area contributed by atoms with Gasteiger partial charge in [-0.3, -0.25) is 9.69 Å². The molecule has 0 saturated carbocycles. The van der Waals surface area contributed by atoms with Crippen molar-refractivity contribution in [1.82, 2.24) is 14.7 Å². The fourth-order valence-corrected chi connectivity index (χ4v) is 2.84. The van der Waals surface area contributed by atoms with Crippen LogP contribution in [0.2, 0.25) is 0 Å². The molecular weight excluding hydrogens is 278 g/mol. The first-order valence-electron chi connectivity index (χ1n) is 7.08. The van der Waals surface area contributed by atoms with E-state index >= 15 is 0 Å². The van der Waals surface area contributed by atoms with Crippen LogP contribution < -0.4 is 0 Å². The van der Waals surface area contributed by atoms with Crippen LogP contribution in [-0.2, 0) is 14.3 Å². The summed E-state index contributed by atoms with van der Waals surface area (Å²) in [5, 5.41) is 8.77. The summed E-state index contributed by atoms with van der Waals surface area (Å²) in [6, 6.07) is -0.0217. The molecular formula is C13H23N3O5. The monoisotopic (exact) mass is 301 g/mol. The van der Waals surface area contributed by atoms with Gasteiger partial charge in [0.1, 0.15) is 12.2 Å². The third kappa shape index (κ3) is 3.84. The van der Waals surface area contributed by atoms with Crippen LogP contribution in [0, 0.1) is 0 Å². The minimum absolute atomic E-state index is 0.0217. The number of nitrogens with zero attached hydrogens (tertiary/aromatic N) is 3. The second kappa shape index (κ2) is 7.06. The second-order valence-electron chi connectivity index (χ2n) is 5.39. The van der Waals surface area contributed by atoms with Gasteiger partial charge in [-0.25, -0.2) is 4.79 Å². The van der Waals surface area contributed by atoms with Crippen molar-refractivity contribution >= 4 is 12.0 Å². The number of ether oxygens (including phenoxy) is 2. The van der Waals surface area contributed by atoms with Crippen LogP contribution >= 0.6 is 0 Å². The van der Waals surface area contributed by atoms with Gasteiger partial charge in [-0.1, -0.05) is 0 Å². The third-order valence-corrected chi connectivity index (χ3v) is 4.09. The fourth-order valence-electron chi connectivity index (χ4n) is 2.84. The molecule has 0 aliphatic carbocycles. The summed E-state index contributed by atoms with van der Waals surface area (Å²) in [5.74, 6) is -0.833. The zero-order valence-corrected chi connectivity index (χ0v) is 12.5. The van der Waals surface area contributed by atoms with E-state index in [0.717, 1.165) is 0 Å². The largest absolute Gasteiger partial charge is 0.480 e. The fraction of sp³-hybridized carbons (Fsp3) is 0.846. The molecule has 1 N–H and O–H groups in total. The van der Waals surface area contributed by atoms with E-state index in [1.54, 1.807) is 24.0 Å². The van der Waals surface area contributed by atoms with Crippen molar-refractivity contribution in [3.63, 3.8) is 0 Å². The smallest absolute Gasteiger partial charge is 0.320 e. The zero-order chi connectivity index (χ0) is 15.4. The topological polar surface area (TPSA) is 82.6 Å². The van der Waals surface area contributed by atoms with E-state index in [1.807, 2.05) is 4.90 Å². The number of carboxylic acid groups (broad SMARTS) is 1. The Kier molecular flexibility index (Phi) is 5.38. The summed E-state index contributed by atoms with van der Waals surface area (Å²) >= 11 is 0. The lowest BCUT2D eigenvalue weighted by Crippen LogP contribution is -2.53. The van der Waals surface area contributed by atoms with Gasteiger partial charge in [0.2, 0.25) is 0 Å². The number of hydrogen-bond acceptors (Lipinski definition) is 5. The minimum atomic E-state index is -0.833. The molecule has 0 aromatic rings. The van der Waals surface area contributed by atoms with Gasteiger partial charge in [0.05, 0.1) is 19.6 Å². The maximum atomic E-state index is 12.5. The van der Waals surface area contributed by atoms with Gasteiger partial charge in [-0.05, 0) is 0 Å². The van der Waals surface area contributed by atoms with Crippen LogP contribution in [0.25, 0.3) is 0 Å². The number of rotatable bonds is 4. The highest BCUT2D eigenvalue weighted by molar-refractivity contribution is 5.75. The number of amides is 2. The predicted octanol–water partition coefficient (Wildman–Crippen LogP) is -0.846. The van der Waals surface area contributed by atoms with Gasteiger partial charge in [-0.2, -0.15) is 0 Å². The Labute approximate surface area is 124 Å². The summed E-state index contributed by atoms with van der Waals surface area (Å²) in [7, 11) is 3.24. The van der Waals surface area contributed by atoms with Crippen molar-refractivity contribution in [2.45, 2.75) is 12.2 Å². The summed E-state index contributed by atoms with van der Waals surface area (Å²) in [6.45, 7) is 3.38. The number of carbonyl (C=O) groups is 2. The van der Waals surface area contributed by atoms with E-state index in [4.69, 9.17) is 14.6 Å². The third-order valence-electron chi connectivity index (χ3n) is 4.09. The molecule has 2 aliphatic heterocycles. The molecule has 0 aromatic carbocycles. The first kappa shape index (κ1) is 16.0. The maximum Gasteiger partial charge on any atom is 0.320 e. The van der Waals surface area contributed by atoms with E-state index in [2.05, 4.69) is 0 Å². The average Bonchev–Trinajstić information content (AvgIpc) is 2.90. The van der Waals surface area contributed by atoms with Crippen LogP contribution in [0.3, 0.4) is 0 Å². The lowest BCUT2D eigenvalue weighted by Gasteiger charge is -2.35. The van der Waals surface area contributed by atoms with Crippen LogP contribution in [0.4, 0.5) is 4.79 Å². The lowest BCUT2D eigenvalue weighted by atomic mass is 10.3. The molecule has 2 atom stereocenters. The van der Waals surface area contributed by atoms with E-state index in [9.17, 15) is 9.59 Å². The molecule has 2 amide bonds. The Morgan fingerprint density at radius 3 is 1.95 bits per heavy atom. The summed E-state index contributed by atoms with van der Waals surface area (Å²) in [4.78, 5) is 28.5. The molecule has 2 saturated heterocycles. The highest BCUT2D eigenvalue weighted by atomic mass is 16.5. The quantitative estimate of drug-likeness (QED) is 0.729. The molecule has 0 aromatic heterocycles. The summed E-state index contributed by atoms with van der Waals surface area (Å²) in [5.41, 5.74) is 0. The van der Waals surface area contributed by atoms with Crippen LogP contribution in [0.15, 0.2) is 0 Å². The van der Waals surface area contributed by atoms with Gasteiger partial charge in [0.25, 0.3) is 0 Å². The molecule has 2 unspecified atom stereocenters. The highest BCUT2D eigenvalue weighted by Crippen LogP contribution is 2.18. The van der Waals surface area contributed by atoms with Gasteiger partial charge in [0, 0.05) is 40.4 Å². The van der Waals surface area contributed by atoms with Gasteiger partial charge < -0.3 is 24.4 Å². The molecule has 0 radical (unpaired) electrons. The highest BCUT2D eigenvalue weighted by Gasteiger charge is 2.37. The summed E-state index contributed by atoms with van der Waals surface area (Å²) < 4.78 is 10.7. The van der Waals surface area contributed by atoms with Gasteiger partial charge in [0.15, 0.2) is 0 Å². The van der Waals surface area contributed by atoms with Crippen molar-refractivity contribution < 1.29 is 24.2 Å². The SMILES string of the molecule is COC1CN(C(=O)N2CCN(CC(=O)O)CC2)CC1OC. The molecule has 120 valence electrons. The molecule has 2 heterocycles. The Morgan fingerprint density at radius 1 is 1.00 bits per heavy atom. The molecule has 2 aliphatic rings. The number of likely N-dealkylation sites (tertiary alicyclic amines) is 1. The first-order valence-corrected chi connectivity index (χ1v) is 7.08. The van der Waals surface area contributed by atoms with E-state index in [-0.39, 0.29) is 24.8 Å². The molecule has 21 heavy (non-hydrogen) atoms. The van der Waals surface area contributed by atoms with Crippen LogP contribution in [0.1, 0.15) is 0 Å². The predicted molar refractivity (Wildman–Crippen MR) is 74.2 cm³/mol. The van der Waals surface area contributed by atoms with Crippen LogP contribution in [0.5, 0.6) is 0 Å². The van der Waals surface area contributed by atoms with Gasteiger partial charge >= 0.3 is 12.0 Å². The average molecular weight is 301 g/mol. The number of hydrogen-bond donors (Lipinski definition) is 1. The van der Waals surface area contributed by atoms with Crippen molar-refractivity contribution in [1.29, 1.82) is 0 Å². The number of methoxy groups -OCH3 is 2. The molecule has 0 spiro atoms. The van der Waals surface area contributed by atoms with Crippen molar-refractivity contribution in [2.24, 2.45) is 0 Å². The van der Waals surface area contributed by atoms with Crippen molar-refractivity contribution in [3.05, 3.63) is 0 Å². The number of urea groups is 1. The molecule has 2 rings (SSSR count). The number of carboxylic acids is 1. The molecule has 2 fully saturated rings. The second-order valence-corrected chi connectivity index (χ2v) is 5.39. The van der Waals surface area contributed by atoms with Gasteiger partial charge in [-0.15, -0.1) is 0 Å². The number of piperazine rings is 1. The Hall–Kier alpha value is -1.38. The maximum absolute atomic E-state index is 12.5. The van der Waals surface area contributed by atoms with E-state index in [0.29, 0.717) is 39.3 Å². The standard InChI is InChI=1S/C13H23N3O5/c1-20-10-7-16(8-11(10)21-2)13(19)15-5-3-14(4-6-15)9-12(17)18/h10-11H,3-9H2,1-2H3,(H,17,18). The van der Waals surface area contributed by atoms with Crippen LogP contribution in [-0.4, -0.2) is 104 Å². The lowest BCUT2D eigenvalue weighted by molar-refractivity contribution is -0.138. The molecule has 8 nitrogen and oxygen atoms in total.